The predicted molar refractivity (Wildman–Crippen MR) is 112 cm³/mol. The second kappa shape index (κ2) is 7.75. The van der Waals surface area contributed by atoms with Crippen molar-refractivity contribution < 1.29 is 25.2 Å². The van der Waals surface area contributed by atoms with E-state index >= 15 is 0 Å². The first-order valence-corrected chi connectivity index (χ1v) is 9.68. The van der Waals surface area contributed by atoms with Crippen molar-refractivity contribution in [3.05, 3.63) is 29.3 Å². The van der Waals surface area contributed by atoms with Crippen molar-refractivity contribution in [1.29, 1.82) is 0 Å². The molecule has 1 atom stereocenters. The summed E-state index contributed by atoms with van der Waals surface area (Å²) in [5.74, 6) is -2.06. The van der Waals surface area contributed by atoms with Crippen LogP contribution in [0.4, 0.5) is 0 Å². The van der Waals surface area contributed by atoms with Crippen molar-refractivity contribution in [3.63, 3.8) is 0 Å². The highest BCUT2D eigenvalue weighted by atomic mass is 16.4. The van der Waals surface area contributed by atoms with Gasteiger partial charge < -0.3 is 25.3 Å². The number of carbonyl (C=O) groups is 1. The second-order valence-electron chi connectivity index (χ2n) is 7.48. The molecule has 1 unspecified atom stereocenters. The fraction of sp³-hybridized carbons (Fsp3) is 0.333. The third-order valence-corrected chi connectivity index (χ3v) is 5.56. The van der Waals surface area contributed by atoms with Crippen LogP contribution in [0.3, 0.4) is 0 Å². The van der Waals surface area contributed by atoms with E-state index in [0.29, 0.717) is 12.6 Å². The highest BCUT2D eigenvalue weighted by Crippen LogP contribution is 2.35. The van der Waals surface area contributed by atoms with Crippen molar-refractivity contribution in [2.24, 2.45) is 4.99 Å². The number of phenols is 3. The number of hydrogen-bond acceptors (Lipinski definition) is 8. The number of aliphatic imine (C=N–C) groups is 1. The van der Waals surface area contributed by atoms with Gasteiger partial charge in [0.2, 0.25) is 0 Å². The standard InChI is InChI=1S/C21H22N4O5/c1-25-8-2-3-11(25)6-7-22-10-13-15(27)9-16(28)20-18(13)24-19-14(26)5-4-12(21(29)30)17(19)23-20/h4-5,9-11,26-28H,2-3,6-8H2,1H3,(H,29,30)/b22-10+. The van der Waals surface area contributed by atoms with E-state index in [4.69, 9.17) is 0 Å². The Morgan fingerprint density at radius 2 is 1.87 bits per heavy atom. The van der Waals surface area contributed by atoms with Gasteiger partial charge in [-0.1, -0.05) is 0 Å². The molecule has 156 valence electrons. The van der Waals surface area contributed by atoms with Crippen molar-refractivity contribution >= 4 is 34.3 Å². The highest BCUT2D eigenvalue weighted by Gasteiger charge is 2.21. The summed E-state index contributed by atoms with van der Waals surface area (Å²) in [6.07, 6.45) is 4.69. The van der Waals surface area contributed by atoms with Gasteiger partial charge in [-0.05, 0) is 45.0 Å². The Balaban J connectivity index is 1.77. The molecule has 0 aliphatic carbocycles. The average Bonchev–Trinajstić information content (AvgIpc) is 3.11. The van der Waals surface area contributed by atoms with E-state index in [1.807, 2.05) is 0 Å². The number of likely N-dealkylation sites (tertiary alicyclic amines) is 1. The lowest BCUT2D eigenvalue weighted by molar-refractivity contribution is 0.0699. The number of carboxylic acids is 1. The van der Waals surface area contributed by atoms with Gasteiger partial charge in [-0.3, -0.25) is 4.99 Å². The number of benzene rings is 2. The fourth-order valence-corrected chi connectivity index (χ4v) is 3.91. The predicted octanol–water partition coefficient (Wildman–Crippen LogP) is 2.50. The molecule has 0 saturated carbocycles. The molecular formula is C21H22N4O5. The number of aromatic carboxylic acids is 1. The summed E-state index contributed by atoms with van der Waals surface area (Å²) in [6, 6.07) is 4.06. The third kappa shape index (κ3) is 3.48. The summed E-state index contributed by atoms with van der Waals surface area (Å²) in [5.41, 5.74) is 0.153. The van der Waals surface area contributed by atoms with Gasteiger partial charge in [0, 0.05) is 24.9 Å². The largest absolute Gasteiger partial charge is 0.507 e. The van der Waals surface area contributed by atoms with E-state index in [1.165, 1.54) is 24.8 Å². The molecule has 1 aliphatic heterocycles. The van der Waals surface area contributed by atoms with Crippen LogP contribution in [0, 0.1) is 0 Å². The molecule has 9 heteroatoms. The van der Waals surface area contributed by atoms with Crippen molar-refractivity contribution in [1.82, 2.24) is 14.9 Å². The number of fused-ring (bicyclic) bond motifs is 2. The van der Waals surface area contributed by atoms with Crippen LogP contribution in [0.15, 0.2) is 23.2 Å². The van der Waals surface area contributed by atoms with Gasteiger partial charge in [0.15, 0.2) is 0 Å². The molecular weight excluding hydrogens is 388 g/mol. The molecule has 3 aromatic rings. The van der Waals surface area contributed by atoms with Crippen LogP contribution < -0.4 is 0 Å². The van der Waals surface area contributed by atoms with Crippen LogP contribution >= 0.6 is 0 Å². The molecule has 1 aromatic heterocycles. The lowest BCUT2D eigenvalue weighted by Gasteiger charge is -2.17. The number of hydrogen-bond donors (Lipinski definition) is 4. The Morgan fingerprint density at radius 3 is 2.57 bits per heavy atom. The first-order chi connectivity index (χ1) is 14.4. The van der Waals surface area contributed by atoms with Crippen molar-refractivity contribution in [3.8, 4) is 17.2 Å². The molecule has 30 heavy (non-hydrogen) atoms. The van der Waals surface area contributed by atoms with E-state index in [9.17, 15) is 25.2 Å². The van der Waals surface area contributed by atoms with Crippen LogP contribution in [-0.4, -0.2) is 73.7 Å². The Labute approximate surface area is 172 Å². The molecule has 4 rings (SSSR count). The number of rotatable bonds is 5. The molecule has 2 aromatic carbocycles. The smallest absolute Gasteiger partial charge is 0.337 e. The van der Waals surface area contributed by atoms with Crippen LogP contribution in [0.5, 0.6) is 17.2 Å². The first kappa shape index (κ1) is 19.8. The van der Waals surface area contributed by atoms with E-state index < -0.39 is 5.97 Å². The SMILES string of the molecule is CN1CCCC1CC/N=C/c1c(O)cc(O)c2nc3c(C(=O)O)ccc(O)c3nc12. The van der Waals surface area contributed by atoms with Gasteiger partial charge in [-0.15, -0.1) is 0 Å². The maximum atomic E-state index is 11.5. The molecule has 4 N–H and O–H groups in total. The number of nitrogens with zero attached hydrogens (tertiary/aromatic N) is 4. The minimum absolute atomic E-state index is 0.0189. The number of carboxylic acid groups (broad SMARTS) is 1. The molecule has 0 radical (unpaired) electrons. The van der Waals surface area contributed by atoms with E-state index in [0.717, 1.165) is 25.5 Å². The topological polar surface area (TPSA) is 139 Å². The van der Waals surface area contributed by atoms with Crippen LogP contribution in [0.25, 0.3) is 22.1 Å². The molecule has 0 bridgehead atoms. The van der Waals surface area contributed by atoms with Gasteiger partial charge >= 0.3 is 5.97 Å². The van der Waals surface area contributed by atoms with E-state index in [1.54, 1.807) is 0 Å². The third-order valence-electron chi connectivity index (χ3n) is 5.56. The Bertz CT molecular complexity index is 1180. The average molecular weight is 410 g/mol. The summed E-state index contributed by atoms with van der Waals surface area (Å²) >= 11 is 0. The summed E-state index contributed by atoms with van der Waals surface area (Å²) in [6.45, 7) is 1.65. The van der Waals surface area contributed by atoms with Crippen LogP contribution in [-0.2, 0) is 0 Å². The second-order valence-corrected chi connectivity index (χ2v) is 7.48. The zero-order valence-electron chi connectivity index (χ0n) is 16.4. The van der Waals surface area contributed by atoms with E-state index in [2.05, 4.69) is 26.9 Å². The number of aromatic hydroxyl groups is 3. The maximum Gasteiger partial charge on any atom is 0.337 e. The lowest BCUT2D eigenvalue weighted by Crippen LogP contribution is -2.25. The van der Waals surface area contributed by atoms with E-state index in [-0.39, 0.29) is 50.4 Å². The minimum atomic E-state index is -1.23. The van der Waals surface area contributed by atoms with Crippen molar-refractivity contribution in [2.45, 2.75) is 25.3 Å². The Kier molecular flexibility index (Phi) is 5.13. The Morgan fingerprint density at radius 1 is 1.13 bits per heavy atom. The van der Waals surface area contributed by atoms with Gasteiger partial charge in [0.1, 0.15) is 39.3 Å². The quantitative estimate of drug-likeness (QED) is 0.372. The highest BCUT2D eigenvalue weighted by molar-refractivity contribution is 6.08. The zero-order valence-corrected chi connectivity index (χ0v) is 16.4. The van der Waals surface area contributed by atoms with Crippen molar-refractivity contribution in [2.75, 3.05) is 20.1 Å². The molecule has 9 nitrogen and oxygen atoms in total. The van der Waals surface area contributed by atoms with Gasteiger partial charge in [0.05, 0.1) is 11.1 Å². The van der Waals surface area contributed by atoms with Crippen LogP contribution in [0.1, 0.15) is 35.2 Å². The lowest BCUT2D eigenvalue weighted by atomic mass is 10.1. The fourth-order valence-electron chi connectivity index (χ4n) is 3.91. The van der Waals surface area contributed by atoms with Crippen LogP contribution in [0.2, 0.25) is 0 Å². The van der Waals surface area contributed by atoms with Gasteiger partial charge in [0.25, 0.3) is 0 Å². The zero-order chi connectivity index (χ0) is 21.4. The molecule has 1 saturated heterocycles. The molecule has 2 heterocycles. The molecule has 1 fully saturated rings. The summed E-state index contributed by atoms with van der Waals surface area (Å²) in [5, 5.41) is 40.2. The van der Waals surface area contributed by atoms with Gasteiger partial charge in [-0.2, -0.15) is 0 Å². The first-order valence-electron chi connectivity index (χ1n) is 9.68. The maximum absolute atomic E-state index is 11.5. The molecule has 1 aliphatic rings. The van der Waals surface area contributed by atoms with Gasteiger partial charge in [-0.25, -0.2) is 14.8 Å². The monoisotopic (exact) mass is 410 g/mol. The minimum Gasteiger partial charge on any atom is -0.507 e. The normalized spacial score (nSPS) is 17.4. The summed E-state index contributed by atoms with van der Waals surface area (Å²) < 4.78 is 0. The molecule has 0 amide bonds. The summed E-state index contributed by atoms with van der Waals surface area (Å²) in [4.78, 5) is 26.8. The number of phenolic OH excluding ortho intramolecular Hbond substituents is 3. The Hall–Kier alpha value is -3.46. The molecule has 0 spiro atoms. The summed E-state index contributed by atoms with van der Waals surface area (Å²) in [7, 11) is 2.10. The number of aromatic nitrogens is 2.